The van der Waals surface area contributed by atoms with Crippen LogP contribution in [0.4, 0.5) is 0 Å². The van der Waals surface area contributed by atoms with Gasteiger partial charge < -0.3 is 4.74 Å². The van der Waals surface area contributed by atoms with Crippen molar-refractivity contribution in [1.29, 1.82) is 0 Å². The van der Waals surface area contributed by atoms with E-state index in [2.05, 4.69) is 15.3 Å². The molecule has 1 aliphatic rings. The highest BCUT2D eigenvalue weighted by atomic mass is 32.2. The summed E-state index contributed by atoms with van der Waals surface area (Å²) in [6.45, 7) is 3.29. The average molecular weight is 385 g/mol. The Morgan fingerprint density at radius 3 is 2.63 bits per heavy atom. The Morgan fingerprint density at radius 1 is 1.19 bits per heavy atom. The second-order valence-electron chi connectivity index (χ2n) is 6.21. The van der Waals surface area contributed by atoms with Crippen molar-refractivity contribution >= 4 is 10.0 Å². The molecule has 4 rings (SSSR count). The average Bonchev–Trinajstić information content (AvgIpc) is 3.11. The predicted molar refractivity (Wildman–Crippen MR) is 98.7 cm³/mol. The Bertz CT molecular complexity index is 1010. The molecule has 1 aliphatic heterocycles. The molecule has 8 nitrogen and oxygen atoms in total. The smallest absolute Gasteiger partial charge is 0.244 e. The molecule has 0 aliphatic carbocycles. The summed E-state index contributed by atoms with van der Waals surface area (Å²) in [5.74, 6) is 0.809. The largest absolute Gasteiger partial charge is 0.494 e. The fourth-order valence-corrected chi connectivity index (χ4v) is 4.38. The summed E-state index contributed by atoms with van der Waals surface area (Å²) in [7, 11) is -3.50. The van der Waals surface area contributed by atoms with Gasteiger partial charge in [0, 0.05) is 31.0 Å². The van der Waals surface area contributed by atoms with Crippen LogP contribution in [0.25, 0.3) is 11.3 Å². The van der Waals surface area contributed by atoms with Gasteiger partial charge in [-0.2, -0.15) is 4.31 Å². The number of benzene rings is 1. The molecule has 0 spiro atoms. The van der Waals surface area contributed by atoms with Crippen LogP contribution in [0.2, 0.25) is 0 Å². The summed E-state index contributed by atoms with van der Waals surface area (Å²) in [6.07, 6.45) is 4.76. The summed E-state index contributed by atoms with van der Waals surface area (Å²) in [4.78, 5) is 4.09. The van der Waals surface area contributed by atoms with Crippen molar-refractivity contribution in [2.45, 2.75) is 17.9 Å². The molecule has 9 heteroatoms. The summed E-state index contributed by atoms with van der Waals surface area (Å²) >= 11 is 0. The van der Waals surface area contributed by atoms with E-state index >= 15 is 0 Å². The molecule has 2 aromatic heterocycles. The zero-order valence-electron chi connectivity index (χ0n) is 14.8. The van der Waals surface area contributed by atoms with Crippen LogP contribution in [-0.2, 0) is 10.0 Å². The first kappa shape index (κ1) is 17.6. The Morgan fingerprint density at radius 2 is 1.96 bits per heavy atom. The number of pyridine rings is 1. The molecule has 1 saturated heterocycles. The fraction of sp³-hybridized carbons (Fsp3) is 0.278. The zero-order chi connectivity index (χ0) is 18.9. The van der Waals surface area contributed by atoms with E-state index in [1.165, 1.54) is 10.5 Å². The first-order valence-electron chi connectivity index (χ1n) is 8.63. The Labute approximate surface area is 157 Å². The van der Waals surface area contributed by atoms with Crippen LogP contribution >= 0.6 is 0 Å². The van der Waals surface area contributed by atoms with E-state index in [0.29, 0.717) is 19.7 Å². The van der Waals surface area contributed by atoms with Gasteiger partial charge in [0.1, 0.15) is 16.3 Å². The quantitative estimate of drug-likeness (QED) is 0.645. The summed E-state index contributed by atoms with van der Waals surface area (Å²) in [5.41, 5.74) is 1.68. The third kappa shape index (κ3) is 3.43. The van der Waals surface area contributed by atoms with E-state index in [-0.39, 0.29) is 10.9 Å². The SMILES string of the molecule is CCOc1ccc(-c2cn(C3CN(S(=O)(=O)c4cccnc4)C3)nn2)cc1. The molecular formula is C18H19N5O3S. The van der Waals surface area contributed by atoms with Gasteiger partial charge in [0.2, 0.25) is 10.0 Å². The van der Waals surface area contributed by atoms with Gasteiger partial charge in [-0.05, 0) is 43.3 Å². The second kappa shape index (κ2) is 7.09. The third-order valence-electron chi connectivity index (χ3n) is 4.45. The molecule has 3 aromatic rings. The van der Waals surface area contributed by atoms with Crippen molar-refractivity contribution in [3.8, 4) is 17.0 Å². The van der Waals surface area contributed by atoms with Crippen LogP contribution in [0.5, 0.6) is 5.75 Å². The van der Waals surface area contributed by atoms with Crippen molar-refractivity contribution in [2.75, 3.05) is 19.7 Å². The highest BCUT2D eigenvalue weighted by molar-refractivity contribution is 7.89. The maximum absolute atomic E-state index is 12.5. The van der Waals surface area contributed by atoms with Gasteiger partial charge in [-0.3, -0.25) is 4.98 Å². The van der Waals surface area contributed by atoms with E-state index in [4.69, 9.17) is 4.74 Å². The lowest BCUT2D eigenvalue weighted by molar-refractivity contribution is 0.189. The topological polar surface area (TPSA) is 90.2 Å². The first-order chi connectivity index (χ1) is 13.1. The van der Waals surface area contributed by atoms with E-state index in [1.807, 2.05) is 37.4 Å². The molecule has 0 saturated carbocycles. The zero-order valence-corrected chi connectivity index (χ0v) is 15.6. The molecule has 0 atom stereocenters. The van der Waals surface area contributed by atoms with Crippen LogP contribution in [0.15, 0.2) is 59.9 Å². The number of hydrogen-bond donors (Lipinski definition) is 0. The summed E-state index contributed by atoms with van der Waals surface area (Å²) < 4.78 is 33.6. The van der Waals surface area contributed by atoms with Gasteiger partial charge >= 0.3 is 0 Å². The number of sulfonamides is 1. The third-order valence-corrected chi connectivity index (χ3v) is 6.26. The van der Waals surface area contributed by atoms with Gasteiger partial charge in [0.15, 0.2) is 0 Å². The molecule has 3 heterocycles. The minimum atomic E-state index is -3.50. The fourth-order valence-electron chi connectivity index (χ4n) is 2.91. The van der Waals surface area contributed by atoms with Crippen LogP contribution in [0.1, 0.15) is 13.0 Å². The Hall–Kier alpha value is -2.78. The van der Waals surface area contributed by atoms with Crippen molar-refractivity contribution in [2.24, 2.45) is 0 Å². The number of ether oxygens (including phenoxy) is 1. The summed E-state index contributed by atoms with van der Waals surface area (Å²) in [5, 5.41) is 8.37. The minimum Gasteiger partial charge on any atom is -0.494 e. The Balaban J connectivity index is 1.43. The molecule has 0 bridgehead atoms. The molecule has 27 heavy (non-hydrogen) atoms. The van der Waals surface area contributed by atoms with E-state index in [0.717, 1.165) is 17.0 Å². The summed E-state index contributed by atoms with van der Waals surface area (Å²) in [6, 6.07) is 10.8. The van der Waals surface area contributed by atoms with Crippen LogP contribution in [0.3, 0.4) is 0 Å². The van der Waals surface area contributed by atoms with Crippen molar-refractivity contribution in [1.82, 2.24) is 24.3 Å². The van der Waals surface area contributed by atoms with Gasteiger partial charge in [-0.25, -0.2) is 13.1 Å². The van der Waals surface area contributed by atoms with Gasteiger partial charge in [-0.1, -0.05) is 5.21 Å². The van der Waals surface area contributed by atoms with E-state index in [1.54, 1.807) is 23.0 Å². The van der Waals surface area contributed by atoms with Crippen molar-refractivity contribution in [3.63, 3.8) is 0 Å². The number of hydrogen-bond acceptors (Lipinski definition) is 6. The number of nitrogens with zero attached hydrogens (tertiary/aromatic N) is 5. The molecule has 0 amide bonds. The second-order valence-corrected chi connectivity index (χ2v) is 8.14. The van der Waals surface area contributed by atoms with Crippen LogP contribution < -0.4 is 4.74 Å². The first-order valence-corrected chi connectivity index (χ1v) is 10.1. The van der Waals surface area contributed by atoms with Gasteiger partial charge in [0.25, 0.3) is 0 Å². The minimum absolute atomic E-state index is 0.0274. The van der Waals surface area contributed by atoms with Crippen LogP contribution in [0, 0.1) is 0 Å². The molecule has 0 N–H and O–H groups in total. The number of rotatable bonds is 6. The molecule has 0 unspecified atom stereocenters. The maximum atomic E-state index is 12.5. The lowest BCUT2D eigenvalue weighted by Gasteiger charge is -2.37. The maximum Gasteiger partial charge on any atom is 0.244 e. The van der Waals surface area contributed by atoms with Crippen molar-refractivity contribution in [3.05, 3.63) is 55.0 Å². The molecular weight excluding hydrogens is 366 g/mol. The van der Waals surface area contributed by atoms with Crippen LogP contribution in [-0.4, -0.2) is 52.4 Å². The molecule has 0 radical (unpaired) electrons. The standard InChI is InChI=1S/C18H19N5O3S/c1-2-26-16-7-5-14(6-8-16)18-13-23(21-20-18)15-11-22(12-15)27(24,25)17-4-3-9-19-10-17/h3-10,13,15H,2,11-12H2,1H3. The van der Waals surface area contributed by atoms with E-state index < -0.39 is 10.0 Å². The number of aromatic nitrogens is 4. The molecule has 1 fully saturated rings. The van der Waals surface area contributed by atoms with Gasteiger partial charge in [0.05, 0.1) is 18.8 Å². The Kier molecular flexibility index (Phi) is 4.63. The highest BCUT2D eigenvalue weighted by Gasteiger charge is 2.38. The van der Waals surface area contributed by atoms with E-state index in [9.17, 15) is 8.42 Å². The predicted octanol–water partition coefficient (Wildman–Crippen LogP) is 1.98. The highest BCUT2D eigenvalue weighted by Crippen LogP contribution is 2.28. The lowest BCUT2D eigenvalue weighted by Crippen LogP contribution is -2.50. The normalized spacial score (nSPS) is 15.4. The van der Waals surface area contributed by atoms with Crippen molar-refractivity contribution < 1.29 is 13.2 Å². The van der Waals surface area contributed by atoms with Gasteiger partial charge in [-0.15, -0.1) is 5.10 Å². The molecule has 140 valence electrons. The lowest BCUT2D eigenvalue weighted by atomic mass is 10.1. The monoisotopic (exact) mass is 385 g/mol. The molecule has 1 aromatic carbocycles.